The van der Waals surface area contributed by atoms with Crippen LogP contribution in [0.4, 0.5) is 0 Å². The molecule has 0 spiro atoms. The van der Waals surface area contributed by atoms with Gasteiger partial charge in [0.15, 0.2) is 5.75 Å². The Bertz CT molecular complexity index is 316. The van der Waals surface area contributed by atoms with Crippen molar-refractivity contribution in [1.29, 1.82) is 5.26 Å². The van der Waals surface area contributed by atoms with E-state index in [-0.39, 0.29) is 0 Å². The quantitative estimate of drug-likeness (QED) is 0.473. The highest BCUT2D eigenvalue weighted by atomic mass is 32.2. The molecule has 0 fully saturated rings. The number of aliphatic hydroxyl groups is 1. The molecule has 0 aromatic rings. The second-order valence-corrected chi connectivity index (χ2v) is 3.86. The zero-order valence-corrected chi connectivity index (χ0v) is 7.28. The molecule has 8 heteroatoms. The van der Waals surface area contributed by atoms with E-state index in [4.69, 9.17) is 15.5 Å². The van der Waals surface area contributed by atoms with Gasteiger partial charge in [-0.15, -0.1) is 0 Å². The summed E-state index contributed by atoms with van der Waals surface area (Å²) in [6, 6.07) is -0.247. The van der Waals surface area contributed by atoms with Crippen LogP contribution in [0.3, 0.4) is 0 Å². The molecular formula is C5H8N2O5S. The molecule has 0 saturated carbocycles. The molecule has 7 nitrogen and oxygen atoms in total. The molecule has 0 heterocycles. The van der Waals surface area contributed by atoms with Gasteiger partial charge in [-0.1, -0.05) is 0 Å². The van der Waals surface area contributed by atoms with Gasteiger partial charge >= 0.3 is 5.97 Å². The first-order valence-corrected chi connectivity index (χ1v) is 4.79. The van der Waals surface area contributed by atoms with Gasteiger partial charge in [-0.25, -0.2) is 8.42 Å². The highest BCUT2D eigenvalue weighted by Gasteiger charge is 2.22. The van der Waals surface area contributed by atoms with Crippen molar-refractivity contribution in [3.8, 4) is 6.07 Å². The first kappa shape index (κ1) is 11.8. The van der Waals surface area contributed by atoms with E-state index in [1.807, 2.05) is 0 Å². The smallest absolute Gasteiger partial charge is 0.324 e. The lowest BCUT2D eigenvalue weighted by Gasteiger charge is -2.09. The number of aliphatic hydroxyl groups excluding tert-OH is 1. The van der Waals surface area contributed by atoms with Gasteiger partial charge in [0.05, 0.1) is 12.7 Å². The second kappa shape index (κ2) is 4.76. The number of hydrogen-bond acceptors (Lipinski definition) is 5. The van der Waals surface area contributed by atoms with Crippen LogP contribution in [-0.4, -0.2) is 43.0 Å². The van der Waals surface area contributed by atoms with E-state index in [0.717, 1.165) is 0 Å². The van der Waals surface area contributed by atoms with E-state index >= 15 is 0 Å². The average Bonchev–Trinajstić information content (AvgIpc) is 1.99. The monoisotopic (exact) mass is 208 g/mol. The normalized spacial score (nSPS) is 13.2. The molecular weight excluding hydrogens is 200 g/mol. The molecule has 0 aromatic heterocycles. The number of rotatable bonds is 5. The Morgan fingerprint density at radius 1 is 1.62 bits per heavy atom. The van der Waals surface area contributed by atoms with Crippen molar-refractivity contribution in [1.82, 2.24) is 4.72 Å². The van der Waals surface area contributed by atoms with Gasteiger partial charge < -0.3 is 10.2 Å². The van der Waals surface area contributed by atoms with E-state index < -0.39 is 34.4 Å². The summed E-state index contributed by atoms with van der Waals surface area (Å²) < 4.78 is 23.2. The van der Waals surface area contributed by atoms with E-state index in [0.29, 0.717) is 0 Å². The van der Waals surface area contributed by atoms with E-state index in [9.17, 15) is 13.2 Å². The number of nitriles is 1. The Morgan fingerprint density at radius 3 is 2.46 bits per heavy atom. The number of carboxylic acids is 1. The Labute approximate surface area is 74.7 Å². The van der Waals surface area contributed by atoms with Crippen LogP contribution >= 0.6 is 0 Å². The summed E-state index contributed by atoms with van der Waals surface area (Å²) in [6.45, 7) is -0.861. The van der Waals surface area contributed by atoms with Gasteiger partial charge in [0, 0.05) is 0 Å². The first-order chi connectivity index (χ1) is 5.93. The van der Waals surface area contributed by atoms with Crippen LogP contribution in [0.1, 0.15) is 0 Å². The molecule has 0 radical (unpaired) electrons. The lowest BCUT2D eigenvalue weighted by atomic mass is 10.3. The van der Waals surface area contributed by atoms with Crippen LogP contribution in [0, 0.1) is 11.3 Å². The van der Waals surface area contributed by atoms with Gasteiger partial charge in [0.2, 0.25) is 10.0 Å². The summed E-state index contributed by atoms with van der Waals surface area (Å²) >= 11 is 0. The average molecular weight is 208 g/mol. The maximum absolute atomic E-state index is 10.8. The van der Waals surface area contributed by atoms with E-state index in [1.54, 1.807) is 4.72 Å². The highest BCUT2D eigenvalue weighted by molar-refractivity contribution is 7.89. The van der Waals surface area contributed by atoms with Crippen LogP contribution in [0.15, 0.2) is 0 Å². The number of carboxylic acid groups (broad SMARTS) is 1. The lowest BCUT2D eigenvalue weighted by Crippen LogP contribution is -2.44. The fourth-order valence-electron chi connectivity index (χ4n) is 0.509. The maximum Gasteiger partial charge on any atom is 0.324 e. The highest BCUT2D eigenvalue weighted by Crippen LogP contribution is 1.89. The van der Waals surface area contributed by atoms with Crippen molar-refractivity contribution < 1.29 is 23.4 Å². The summed E-state index contributed by atoms with van der Waals surface area (Å²) in [7, 11) is -3.94. The molecule has 0 aliphatic rings. The van der Waals surface area contributed by atoms with Gasteiger partial charge in [-0.05, 0) is 0 Å². The van der Waals surface area contributed by atoms with Gasteiger partial charge in [-0.3, -0.25) is 4.79 Å². The number of carbonyl (C=O) groups is 1. The number of nitrogens with one attached hydrogen (secondary N) is 1. The standard InChI is InChI=1S/C5H8N2O5S/c6-1-2-13(11,12)7-4(3-8)5(9)10/h4,7-8H,2-3H2,(H,9,10)/t4-/m1/s1. The predicted molar refractivity (Wildman–Crippen MR) is 41.0 cm³/mol. The minimum Gasteiger partial charge on any atom is -0.480 e. The summed E-state index contributed by atoms with van der Waals surface area (Å²) in [5.41, 5.74) is 0. The molecule has 0 rings (SSSR count). The van der Waals surface area contributed by atoms with Crippen LogP contribution < -0.4 is 4.72 Å². The van der Waals surface area contributed by atoms with Crippen molar-refractivity contribution in [2.24, 2.45) is 0 Å². The van der Waals surface area contributed by atoms with Crippen molar-refractivity contribution in [2.45, 2.75) is 6.04 Å². The van der Waals surface area contributed by atoms with Crippen molar-refractivity contribution >= 4 is 16.0 Å². The third kappa shape index (κ3) is 4.41. The summed E-state index contributed by atoms with van der Waals surface area (Å²) in [4.78, 5) is 10.2. The fourth-order valence-corrected chi connectivity index (χ4v) is 1.37. The zero-order chi connectivity index (χ0) is 10.5. The third-order valence-corrected chi connectivity index (χ3v) is 2.21. The molecule has 0 aliphatic heterocycles. The van der Waals surface area contributed by atoms with Crippen LogP contribution in [0.25, 0.3) is 0 Å². The van der Waals surface area contributed by atoms with Gasteiger partial charge in [-0.2, -0.15) is 9.98 Å². The third-order valence-electron chi connectivity index (χ3n) is 1.06. The minimum absolute atomic E-state index is 0.837. The predicted octanol–water partition coefficient (Wildman–Crippen LogP) is -2.13. The topological polar surface area (TPSA) is 127 Å². The molecule has 1 atom stereocenters. The Hall–Kier alpha value is -1.17. The van der Waals surface area contributed by atoms with Crippen LogP contribution in [-0.2, 0) is 14.8 Å². The second-order valence-electron chi connectivity index (χ2n) is 2.11. The molecule has 13 heavy (non-hydrogen) atoms. The largest absolute Gasteiger partial charge is 0.480 e. The molecule has 0 bridgehead atoms. The molecule has 0 saturated heterocycles. The summed E-state index contributed by atoms with van der Waals surface area (Å²) in [6.07, 6.45) is 0. The molecule has 74 valence electrons. The number of sulfonamides is 1. The molecule has 0 aromatic carbocycles. The maximum atomic E-state index is 10.8. The SMILES string of the molecule is N#CCS(=O)(=O)N[C@H](CO)C(=O)O. The lowest BCUT2D eigenvalue weighted by molar-refractivity contribution is -0.139. The fraction of sp³-hybridized carbons (Fsp3) is 0.600. The van der Waals surface area contributed by atoms with E-state index in [1.165, 1.54) is 6.07 Å². The minimum atomic E-state index is -3.94. The molecule has 0 unspecified atom stereocenters. The van der Waals surface area contributed by atoms with Crippen molar-refractivity contribution in [3.05, 3.63) is 0 Å². The molecule has 0 aliphatic carbocycles. The zero-order valence-electron chi connectivity index (χ0n) is 6.47. The van der Waals surface area contributed by atoms with Crippen molar-refractivity contribution in [3.63, 3.8) is 0 Å². The van der Waals surface area contributed by atoms with Crippen LogP contribution in [0.2, 0.25) is 0 Å². The number of aliphatic carboxylic acids is 1. The molecule has 0 amide bonds. The van der Waals surface area contributed by atoms with Crippen molar-refractivity contribution in [2.75, 3.05) is 12.4 Å². The number of hydrogen-bond donors (Lipinski definition) is 3. The Morgan fingerprint density at radius 2 is 2.15 bits per heavy atom. The Kier molecular flexibility index (Phi) is 4.33. The van der Waals surface area contributed by atoms with Crippen LogP contribution in [0.5, 0.6) is 0 Å². The first-order valence-electron chi connectivity index (χ1n) is 3.13. The number of nitrogens with zero attached hydrogens (tertiary/aromatic N) is 1. The van der Waals surface area contributed by atoms with E-state index in [2.05, 4.69) is 0 Å². The molecule has 3 N–H and O–H groups in total. The van der Waals surface area contributed by atoms with Gasteiger partial charge in [0.25, 0.3) is 0 Å². The summed E-state index contributed by atoms with van der Waals surface area (Å²) in [5.74, 6) is -2.33. The Balaban J connectivity index is 4.42. The summed E-state index contributed by atoms with van der Waals surface area (Å²) in [5, 5.41) is 24.8. The van der Waals surface area contributed by atoms with Gasteiger partial charge in [0.1, 0.15) is 6.04 Å².